The maximum absolute atomic E-state index is 5.84. The Kier molecular flexibility index (Phi) is 2.98. The molecule has 0 aliphatic carbocycles. The second kappa shape index (κ2) is 4.41. The van der Waals surface area contributed by atoms with Gasteiger partial charge in [0.1, 0.15) is 11.0 Å². The largest absolute Gasteiger partial charge is 0.343 e. The summed E-state index contributed by atoms with van der Waals surface area (Å²) in [4.78, 5) is 8.02. The standard InChI is InChI=1S/C8H10ClN5O/c1-14-6(9)2-11-8(14)4-10-3-7-12-5-15-13-7/h2,5,10H,3-4H2,1H3. The van der Waals surface area contributed by atoms with Gasteiger partial charge in [0, 0.05) is 7.05 Å². The lowest BCUT2D eigenvalue weighted by Gasteiger charge is -2.02. The highest BCUT2D eigenvalue weighted by molar-refractivity contribution is 6.29. The van der Waals surface area contributed by atoms with Gasteiger partial charge in [-0.15, -0.1) is 0 Å². The number of imidazole rings is 1. The second-order valence-corrected chi connectivity index (χ2v) is 3.39. The van der Waals surface area contributed by atoms with E-state index in [1.165, 1.54) is 6.39 Å². The predicted octanol–water partition coefficient (Wildman–Crippen LogP) is 0.746. The molecule has 1 N–H and O–H groups in total. The van der Waals surface area contributed by atoms with E-state index in [4.69, 9.17) is 11.6 Å². The Labute approximate surface area is 91.3 Å². The van der Waals surface area contributed by atoms with Crippen LogP contribution in [0.5, 0.6) is 0 Å². The van der Waals surface area contributed by atoms with Crippen molar-refractivity contribution in [1.29, 1.82) is 0 Å². The van der Waals surface area contributed by atoms with Crippen LogP contribution in [0.3, 0.4) is 0 Å². The number of aromatic nitrogens is 4. The summed E-state index contributed by atoms with van der Waals surface area (Å²) in [5.41, 5.74) is 0. The van der Waals surface area contributed by atoms with E-state index in [1.807, 2.05) is 11.6 Å². The lowest BCUT2D eigenvalue weighted by molar-refractivity contribution is 0.407. The van der Waals surface area contributed by atoms with Crippen molar-refractivity contribution in [3.63, 3.8) is 0 Å². The molecule has 7 heteroatoms. The highest BCUT2D eigenvalue weighted by Crippen LogP contribution is 2.08. The summed E-state index contributed by atoms with van der Waals surface area (Å²) >= 11 is 5.84. The first-order chi connectivity index (χ1) is 7.27. The minimum absolute atomic E-state index is 0.543. The average Bonchev–Trinajstić information content (AvgIpc) is 2.83. The molecule has 0 amide bonds. The molecule has 0 aromatic carbocycles. The Morgan fingerprint density at radius 3 is 2.93 bits per heavy atom. The first-order valence-electron chi connectivity index (χ1n) is 4.39. The minimum atomic E-state index is 0.543. The average molecular weight is 228 g/mol. The second-order valence-electron chi connectivity index (χ2n) is 3.01. The zero-order chi connectivity index (χ0) is 10.7. The van der Waals surface area contributed by atoms with Gasteiger partial charge in [-0.1, -0.05) is 16.8 Å². The van der Waals surface area contributed by atoms with E-state index in [0.717, 1.165) is 5.82 Å². The summed E-state index contributed by atoms with van der Waals surface area (Å²) in [7, 11) is 1.86. The number of halogens is 1. The van der Waals surface area contributed by atoms with Gasteiger partial charge in [-0.2, -0.15) is 4.98 Å². The summed E-state index contributed by atoms with van der Waals surface area (Å²) in [6.45, 7) is 1.15. The van der Waals surface area contributed by atoms with Crippen LogP contribution in [0.1, 0.15) is 11.6 Å². The molecule has 2 heterocycles. The molecule has 0 saturated heterocycles. The predicted molar refractivity (Wildman–Crippen MR) is 53.1 cm³/mol. The first kappa shape index (κ1) is 10.1. The van der Waals surface area contributed by atoms with Crippen LogP contribution in [-0.4, -0.2) is 19.7 Å². The monoisotopic (exact) mass is 227 g/mol. The smallest absolute Gasteiger partial charge is 0.213 e. The zero-order valence-corrected chi connectivity index (χ0v) is 8.90. The van der Waals surface area contributed by atoms with E-state index >= 15 is 0 Å². The molecule has 0 atom stereocenters. The molecule has 0 aliphatic rings. The molecule has 0 aliphatic heterocycles. The Balaban J connectivity index is 1.86. The zero-order valence-electron chi connectivity index (χ0n) is 8.14. The molecular formula is C8H10ClN5O. The molecule has 15 heavy (non-hydrogen) atoms. The Morgan fingerprint density at radius 2 is 2.33 bits per heavy atom. The SMILES string of the molecule is Cn1c(Cl)cnc1CNCc1ncon1. The molecule has 0 bridgehead atoms. The van der Waals surface area contributed by atoms with Crippen LogP contribution in [0.4, 0.5) is 0 Å². The van der Waals surface area contributed by atoms with Gasteiger partial charge in [0.05, 0.1) is 19.3 Å². The van der Waals surface area contributed by atoms with Crippen molar-refractivity contribution >= 4 is 11.6 Å². The first-order valence-corrected chi connectivity index (χ1v) is 4.77. The highest BCUT2D eigenvalue weighted by atomic mass is 35.5. The number of hydrogen-bond acceptors (Lipinski definition) is 5. The van der Waals surface area contributed by atoms with E-state index in [9.17, 15) is 0 Å². The summed E-state index contributed by atoms with van der Waals surface area (Å²) in [6, 6.07) is 0. The van der Waals surface area contributed by atoms with Crippen molar-refractivity contribution in [2.45, 2.75) is 13.1 Å². The summed E-state index contributed by atoms with van der Waals surface area (Å²) < 4.78 is 6.41. The normalized spacial score (nSPS) is 10.8. The van der Waals surface area contributed by atoms with E-state index in [2.05, 4.69) is 25.0 Å². The molecule has 2 aromatic heterocycles. The number of hydrogen-bond donors (Lipinski definition) is 1. The van der Waals surface area contributed by atoms with Gasteiger partial charge >= 0.3 is 0 Å². The fraction of sp³-hybridized carbons (Fsp3) is 0.375. The maximum Gasteiger partial charge on any atom is 0.213 e. The molecule has 0 radical (unpaired) electrons. The van der Waals surface area contributed by atoms with Crippen molar-refractivity contribution in [3.05, 3.63) is 29.4 Å². The third-order valence-corrected chi connectivity index (χ3v) is 2.35. The van der Waals surface area contributed by atoms with Crippen LogP contribution in [0.25, 0.3) is 0 Å². The van der Waals surface area contributed by atoms with Gasteiger partial charge in [0.25, 0.3) is 0 Å². The van der Waals surface area contributed by atoms with Gasteiger partial charge < -0.3 is 14.4 Å². The van der Waals surface area contributed by atoms with Crippen molar-refractivity contribution in [2.75, 3.05) is 0 Å². The van der Waals surface area contributed by atoms with Gasteiger partial charge in [0.2, 0.25) is 6.39 Å². The molecule has 0 saturated carbocycles. The third kappa shape index (κ3) is 2.34. The van der Waals surface area contributed by atoms with Gasteiger partial charge in [-0.3, -0.25) is 0 Å². The summed E-state index contributed by atoms with van der Waals surface area (Å²) in [5, 5.41) is 7.42. The van der Waals surface area contributed by atoms with E-state index in [1.54, 1.807) is 6.20 Å². The van der Waals surface area contributed by atoms with E-state index in [-0.39, 0.29) is 0 Å². The lowest BCUT2D eigenvalue weighted by Crippen LogP contribution is -2.16. The topological polar surface area (TPSA) is 68.8 Å². The van der Waals surface area contributed by atoms with Crippen molar-refractivity contribution in [1.82, 2.24) is 25.0 Å². The molecule has 0 spiro atoms. The molecular weight excluding hydrogens is 218 g/mol. The Morgan fingerprint density at radius 1 is 1.47 bits per heavy atom. The lowest BCUT2D eigenvalue weighted by atomic mass is 10.5. The molecule has 80 valence electrons. The van der Waals surface area contributed by atoms with Crippen LogP contribution in [0.2, 0.25) is 5.15 Å². The van der Waals surface area contributed by atoms with Crippen molar-refractivity contribution in [3.8, 4) is 0 Å². The van der Waals surface area contributed by atoms with Crippen LogP contribution in [-0.2, 0) is 20.1 Å². The quantitative estimate of drug-likeness (QED) is 0.835. The van der Waals surface area contributed by atoms with Crippen LogP contribution in [0, 0.1) is 0 Å². The molecule has 2 rings (SSSR count). The highest BCUT2D eigenvalue weighted by Gasteiger charge is 2.04. The summed E-state index contributed by atoms with van der Waals surface area (Å²) in [5.74, 6) is 1.49. The van der Waals surface area contributed by atoms with E-state index < -0.39 is 0 Å². The molecule has 0 fully saturated rings. The van der Waals surface area contributed by atoms with Crippen LogP contribution < -0.4 is 5.32 Å². The summed E-state index contributed by atoms with van der Waals surface area (Å²) in [6.07, 6.45) is 2.92. The number of nitrogens with zero attached hydrogens (tertiary/aromatic N) is 4. The molecule has 0 unspecified atom stereocenters. The minimum Gasteiger partial charge on any atom is -0.343 e. The van der Waals surface area contributed by atoms with Crippen molar-refractivity contribution < 1.29 is 4.52 Å². The van der Waals surface area contributed by atoms with Gasteiger partial charge in [-0.05, 0) is 0 Å². The Hall–Kier alpha value is -1.40. The molecule has 6 nitrogen and oxygen atoms in total. The Bertz CT molecular complexity index is 424. The fourth-order valence-corrected chi connectivity index (χ4v) is 1.29. The van der Waals surface area contributed by atoms with Crippen LogP contribution in [0.15, 0.2) is 17.1 Å². The third-order valence-electron chi connectivity index (χ3n) is 2.00. The fourth-order valence-electron chi connectivity index (χ4n) is 1.14. The van der Waals surface area contributed by atoms with Gasteiger partial charge in [0.15, 0.2) is 5.82 Å². The van der Waals surface area contributed by atoms with Gasteiger partial charge in [-0.25, -0.2) is 4.98 Å². The van der Waals surface area contributed by atoms with E-state index in [0.29, 0.717) is 24.1 Å². The molecule has 2 aromatic rings. The van der Waals surface area contributed by atoms with Crippen molar-refractivity contribution in [2.24, 2.45) is 7.05 Å². The number of rotatable bonds is 4. The number of nitrogens with one attached hydrogen (secondary N) is 1. The van der Waals surface area contributed by atoms with Crippen LogP contribution >= 0.6 is 11.6 Å². The maximum atomic E-state index is 5.84.